The molecule has 0 heterocycles. The van der Waals surface area contributed by atoms with Crippen LogP contribution in [0.2, 0.25) is 0 Å². The lowest BCUT2D eigenvalue weighted by Gasteiger charge is -2.00. The van der Waals surface area contributed by atoms with E-state index < -0.39 is 0 Å². The predicted octanol–water partition coefficient (Wildman–Crippen LogP) is 2.99. The van der Waals surface area contributed by atoms with Crippen LogP contribution in [0.15, 0.2) is 0 Å². The molecule has 0 saturated heterocycles. The summed E-state index contributed by atoms with van der Waals surface area (Å²) < 4.78 is 5.38. The van der Waals surface area contributed by atoms with Gasteiger partial charge in [0.2, 0.25) is 0 Å². The molecule has 0 aliphatic rings. The van der Waals surface area contributed by atoms with Crippen LogP contribution in [0.5, 0.6) is 0 Å². The summed E-state index contributed by atoms with van der Waals surface area (Å²) in [6.45, 7) is 6.33. The van der Waals surface area contributed by atoms with E-state index in [0.29, 0.717) is 0 Å². The average Bonchev–Trinajstić information content (AvgIpc) is 1.97. The monoisotopic (exact) mass is 144 g/mol. The van der Waals surface area contributed by atoms with Crippen molar-refractivity contribution in [3.05, 3.63) is 0 Å². The van der Waals surface area contributed by atoms with Gasteiger partial charge >= 0.3 is 0 Å². The van der Waals surface area contributed by atoms with Gasteiger partial charge < -0.3 is 4.74 Å². The smallest absolute Gasteiger partial charge is 0.0466 e. The van der Waals surface area contributed by atoms with Crippen LogP contribution in [-0.2, 0) is 4.74 Å². The average molecular weight is 144 g/mol. The fourth-order valence-electron chi connectivity index (χ4n) is 0.803. The molecule has 0 aromatic heterocycles. The van der Waals surface area contributed by atoms with E-state index in [1.807, 2.05) is 0 Å². The Morgan fingerprint density at radius 1 is 0.800 bits per heavy atom. The minimum Gasteiger partial charge on any atom is -0.381 e. The first kappa shape index (κ1) is 9.96. The van der Waals surface area contributed by atoms with Gasteiger partial charge in [-0.3, -0.25) is 0 Å². The third-order valence-corrected chi connectivity index (χ3v) is 1.53. The Balaban J connectivity index is 2.65. The SMILES string of the molecule is CCCCCOCCCC. The molecule has 0 saturated carbocycles. The molecule has 0 N–H and O–H groups in total. The van der Waals surface area contributed by atoms with Crippen molar-refractivity contribution >= 4 is 0 Å². The highest BCUT2D eigenvalue weighted by Crippen LogP contribution is 1.95. The number of hydrogen-bond donors (Lipinski definition) is 0. The topological polar surface area (TPSA) is 9.23 Å². The van der Waals surface area contributed by atoms with Crippen molar-refractivity contribution in [3.63, 3.8) is 0 Å². The number of rotatable bonds is 7. The van der Waals surface area contributed by atoms with Crippen molar-refractivity contribution < 1.29 is 4.74 Å². The number of unbranched alkanes of at least 4 members (excludes halogenated alkanes) is 3. The highest BCUT2D eigenvalue weighted by molar-refractivity contribution is 4.36. The summed E-state index contributed by atoms with van der Waals surface area (Å²) in [5.74, 6) is 0. The largest absolute Gasteiger partial charge is 0.381 e. The lowest BCUT2D eigenvalue weighted by molar-refractivity contribution is 0.127. The Bertz CT molecular complexity index is 44.7. The predicted molar refractivity (Wildman–Crippen MR) is 45.3 cm³/mol. The van der Waals surface area contributed by atoms with Gasteiger partial charge in [-0.15, -0.1) is 0 Å². The van der Waals surface area contributed by atoms with Gasteiger partial charge in [-0.1, -0.05) is 33.1 Å². The van der Waals surface area contributed by atoms with Crippen molar-refractivity contribution in [2.24, 2.45) is 0 Å². The van der Waals surface area contributed by atoms with Crippen molar-refractivity contribution in [1.82, 2.24) is 0 Å². The van der Waals surface area contributed by atoms with E-state index >= 15 is 0 Å². The molecule has 0 amide bonds. The third-order valence-electron chi connectivity index (χ3n) is 1.53. The van der Waals surface area contributed by atoms with Gasteiger partial charge in [0, 0.05) is 13.2 Å². The molecule has 0 rings (SSSR count). The Morgan fingerprint density at radius 2 is 1.40 bits per heavy atom. The van der Waals surface area contributed by atoms with E-state index in [-0.39, 0.29) is 0 Å². The van der Waals surface area contributed by atoms with Crippen LogP contribution in [-0.4, -0.2) is 13.2 Å². The first-order chi connectivity index (χ1) is 4.91. The summed E-state index contributed by atoms with van der Waals surface area (Å²) in [5, 5.41) is 0. The van der Waals surface area contributed by atoms with Gasteiger partial charge in [0.1, 0.15) is 0 Å². The Labute approximate surface area is 64.8 Å². The van der Waals surface area contributed by atoms with Gasteiger partial charge in [0.25, 0.3) is 0 Å². The maximum absolute atomic E-state index is 5.38. The van der Waals surface area contributed by atoms with E-state index in [9.17, 15) is 0 Å². The van der Waals surface area contributed by atoms with Crippen molar-refractivity contribution in [2.45, 2.75) is 46.0 Å². The second kappa shape index (κ2) is 8.96. The fourth-order valence-corrected chi connectivity index (χ4v) is 0.803. The normalized spacial score (nSPS) is 10.2. The molecule has 0 aromatic rings. The molecule has 0 aliphatic heterocycles. The zero-order chi connectivity index (χ0) is 7.66. The van der Waals surface area contributed by atoms with Crippen LogP contribution in [0.4, 0.5) is 0 Å². The molecule has 0 unspecified atom stereocenters. The maximum Gasteiger partial charge on any atom is 0.0466 e. The first-order valence-corrected chi connectivity index (χ1v) is 4.49. The molecule has 62 valence electrons. The second-order valence-corrected chi connectivity index (χ2v) is 2.67. The molecule has 0 fully saturated rings. The summed E-state index contributed by atoms with van der Waals surface area (Å²) in [7, 11) is 0. The van der Waals surface area contributed by atoms with Crippen molar-refractivity contribution in [2.75, 3.05) is 13.2 Å². The lowest BCUT2D eigenvalue weighted by Crippen LogP contribution is -1.95. The van der Waals surface area contributed by atoms with Gasteiger partial charge in [-0.05, 0) is 12.8 Å². The molecule has 0 aromatic carbocycles. The van der Waals surface area contributed by atoms with Crippen LogP contribution in [0, 0.1) is 0 Å². The van der Waals surface area contributed by atoms with Crippen LogP contribution in [0.25, 0.3) is 0 Å². The lowest BCUT2D eigenvalue weighted by atomic mass is 10.3. The van der Waals surface area contributed by atoms with E-state index in [1.54, 1.807) is 0 Å². The molecular formula is C9H20O. The zero-order valence-corrected chi connectivity index (χ0v) is 7.36. The van der Waals surface area contributed by atoms with E-state index in [2.05, 4.69) is 13.8 Å². The Hall–Kier alpha value is -0.0400. The summed E-state index contributed by atoms with van der Waals surface area (Å²) in [4.78, 5) is 0. The molecule has 0 aliphatic carbocycles. The van der Waals surface area contributed by atoms with Crippen LogP contribution >= 0.6 is 0 Å². The standard InChI is InChI=1S/C9H20O/c1-3-5-7-9-10-8-6-4-2/h3-9H2,1-2H3. The molecule has 10 heavy (non-hydrogen) atoms. The van der Waals surface area contributed by atoms with Gasteiger partial charge in [0.05, 0.1) is 0 Å². The summed E-state index contributed by atoms with van der Waals surface area (Å²) >= 11 is 0. The second-order valence-electron chi connectivity index (χ2n) is 2.67. The quantitative estimate of drug-likeness (QED) is 0.499. The third kappa shape index (κ3) is 7.96. The fraction of sp³-hybridized carbons (Fsp3) is 1.00. The summed E-state index contributed by atoms with van der Waals surface area (Å²) in [5.41, 5.74) is 0. The Morgan fingerprint density at radius 3 is 2.00 bits per heavy atom. The number of hydrogen-bond acceptors (Lipinski definition) is 1. The summed E-state index contributed by atoms with van der Waals surface area (Å²) in [6, 6.07) is 0. The molecule has 1 nitrogen and oxygen atoms in total. The zero-order valence-electron chi connectivity index (χ0n) is 7.36. The molecule has 0 radical (unpaired) electrons. The van der Waals surface area contributed by atoms with Crippen LogP contribution in [0.1, 0.15) is 46.0 Å². The Kier molecular flexibility index (Phi) is 8.92. The molecule has 0 bridgehead atoms. The number of ether oxygens (including phenoxy) is 1. The van der Waals surface area contributed by atoms with E-state index in [1.165, 1.54) is 32.1 Å². The molecule has 0 atom stereocenters. The van der Waals surface area contributed by atoms with Crippen molar-refractivity contribution in [1.29, 1.82) is 0 Å². The highest BCUT2D eigenvalue weighted by atomic mass is 16.5. The van der Waals surface area contributed by atoms with Gasteiger partial charge in [-0.2, -0.15) is 0 Å². The molecule has 0 spiro atoms. The summed E-state index contributed by atoms with van der Waals surface area (Å²) in [6.07, 6.45) is 6.30. The maximum atomic E-state index is 5.38. The van der Waals surface area contributed by atoms with Crippen molar-refractivity contribution in [3.8, 4) is 0 Å². The first-order valence-electron chi connectivity index (χ1n) is 4.49. The van der Waals surface area contributed by atoms with E-state index in [4.69, 9.17) is 4.74 Å². The highest BCUT2D eigenvalue weighted by Gasteiger charge is 1.86. The van der Waals surface area contributed by atoms with Gasteiger partial charge in [-0.25, -0.2) is 0 Å². The molecule has 1 heteroatoms. The van der Waals surface area contributed by atoms with E-state index in [0.717, 1.165) is 13.2 Å². The minimum atomic E-state index is 0.959. The van der Waals surface area contributed by atoms with Crippen LogP contribution < -0.4 is 0 Å². The van der Waals surface area contributed by atoms with Crippen LogP contribution in [0.3, 0.4) is 0 Å². The van der Waals surface area contributed by atoms with Gasteiger partial charge in [0.15, 0.2) is 0 Å². The minimum absolute atomic E-state index is 0.959. The molecular weight excluding hydrogens is 124 g/mol.